The van der Waals surface area contributed by atoms with Gasteiger partial charge in [-0.1, -0.05) is 24.3 Å². The highest BCUT2D eigenvalue weighted by Gasteiger charge is 1.98. The number of benzene rings is 2. The summed E-state index contributed by atoms with van der Waals surface area (Å²) in [5.41, 5.74) is 1.42. The molecule has 0 aliphatic heterocycles. The standard InChI is InChI=1S/C16H13F2NO/c17-14-7-4-13(5-8-14)11-19-16(20)9-6-12-2-1-3-15(18)10-12/h1-10H,11H2,(H,19,20). The summed E-state index contributed by atoms with van der Waals surface area (Å²) in [6.45, 7) is 0.312. The lowest BCUT2D eigenvalue weighted by atomic mass is 10.2. The van der Waals surface area contributed by atoms with Gasteiger partial charge in [0.05, 0.1) is 0 Å². The Bertz CT molecular complexity index is 621. The summed E-state index contributed by atoms with van der Waals surface area (Å²) in [5, 5.41) is 2.66. The first-order valence-electron chi connectivity index (χ1n) is 6.09. The number of hydrogen-bond donors (Lipinski definition) is 1. The molecule has 1 N–H and O–H groups in total. The zero-order chi connectivity index (χ0) is 14.4. The highest BCUT2D eigenvalue weighted by molar-refractivity contribution is 5.91. The summed E-state index contributed by atoms with van der Waals surface area (Å²) >= 11 is 0. The van der Waals surface area contributed by atoms with Gasteiger partial charge < -0.3 is 5.32 Å². The largest absolute Gasteiger partial charge is 0.348 e. The molecule has 0 heterocycles. The van der Waals surface area contributed by atoms with Crippen molar-refractivity contribution in [3.05, 3.63) is 77.4 Å². The van der Waals surface area contributed by atoms with E-state index in [1.165, 1.54) is 36.4 Å². The van der Waals surface area contributed by atoms with Gasteiger partial charge >= 0.3 is 0 Å². The van der Waals surface area contributed by atoms with E-state index in [2.05, 4.69) is 5.32 Å². The first-order chi connectivity index (χ1) is 9.63. The number of carbonyl (C=O) groups is 1. The van der Waals surface area contributed by atoms with E-state index in [0.717, 1.165) is 5.56 Å². The van der Waals surface area contributed by atoms with Crippen molar-refractivity contribution in [1.29, 1.82) is 0 Å². The number of halogens is 2. The van der Waals surface area contributed by atoms with Crippen molar-refractivity contribution >= 4 is 12.0 Å². The molecule has 20 heavy (non-hydrogen) atoms. The van der Waals surface area contributed by atoms with Crippen LogP contribution in [0.5, 0.6) is 0 Å². The second-order valence-corrected chi connectivity index (χ2v) is 4.23. The molecule has 0 aliphatic carbocycles. The average molecular weight is 273 g/mol. The minimum Gasteiger partial charge on any atom is -0.348 e. The fraction of sp³-hybridized carbons (Fsp3) is 0.0625. The van der Waals surface area contributed by atoms with Crippen LogP contribution in [-0.4, -0.2) is 5.91 Å². The number of nitrogens with one attached hydrogen (secondary N) is 1. The van der Waals surface area contributed by atoms with Crippen molar-refractivity contribution in [3.8, 4) is 0 Å². The number of hydrogen-bond acceptors (Lipinski definition) is 1. The third kappa shape index (κ3) is 4.31. The summed E-state index contributed by atoms with van der Waals surface area (Å²) in [5.74, 6) is -0.955. The van der Waals surface area contributed by atoms with Gasteiger partial charge in [0.15, 0.2) is 0 Å². The molecule has 0 aromatic heterocycles. The summed E-state index contributed by atoms with van der Waals surface area (Å²) in [7, 11) is 0. The molecule has 2 rings (SSSR count). The zero-order valence-electron chi connectivity index (χ0n) is 10.6. The van der Waals surface area contributed by atoms with Crippen LogP contribution in [0.4, 0.5) is 8.78 Å². The highest BCUT2D eigenvalue weighted by Crippen LogP contribution is 2.05. The molecule has 2 aromatic carbocycles. The van der Waals surface area contributed by atoms with Gasteiger partial charge in [0, 0.05) is 12.6 Å². The minimum atomic E-state index is -0.348. The monoisotopic (exact) mass is 273 g/mol. The van der Waals surface area contributed by atoms with Gasteiger partial charge in [-0.25, -0.2) is 8.78 Å². The Kier molecular flexibility index (Phi) is 4.60. The van der Waals surface area contributed by atoms with E-state index in [9.17, 15) is 13.6 Å². The van der Waals surface area contributed by atoms with Gasteiger partial charge in [-0.05, 0) is 41.5 Å². The van der Waals surface area contributed by atoms with Crippen LogP contribution in [0, 0.1) is 11.6 Å². The van der Waals surface area contributed by atoms with Gasteiger partial charge in [0.2, 0.25) is 5.91 Å². The molecule has 0 atom stereocenters. The SMILES string of the molecule is O=C(C=Cc1cccc(F)c1)NCc1ccc(F)cc1. The van der Waals surface area contributed by atoms with Crippen molar-refractivity contribution in [1.82, 2.24) is 5.32 Å². The molecule has 0 bridgehead atoms. The Labute approximate surface area is 115 Å². The normalized spacial score (nSPS) is 10.7. The first-order valence-corrected chi connectivity index (χ1v) is 6.09. The molecule has 0 saturated carbocycles. The van der Waals surface area contributed by atoms with Crippen LogP contribution in [0.1, 0.15) is 11.1 Å². The Morgan fingerprint density at radius 1 is 1.05 bits per heavy atom. The fourth-order valence-electron chi connectivity index (χ4n) is 1.63. The summed E-state index contributed by atoms with van der Waals surface area (Å²) < 4.78 is 25.6. The summed E-state index contributed by atoms with van der Waals surface area (Å²) in [6, 6.07) is 11.8. The molecule has 2 aromatic rings. The van der Waals surface area contributed by atoms with E-state index in [1.807, 2.05) is 0 Å². The van der Waals surface area contributed by atoms with Crippen molar-refractivity contribution in [2.75, 3.05) is 0 Å². The smallest absolute Gasteiger partial charge is 0.244 e. The van der Waals surface area contributed by atoms with E-state index in [0.29, 0.717) is 12.1 Å². The van der Waals surface area contributed by atoms with E-state index in [1.54, 1.807) is 24.3 Å². The molecular formula is C16H13F2NO. The van der Waals surface area contributed by atoms with E-state index in [-0.39, 0.29) is 17.5 Å². The number of carbonyl (C=O) groups excluding carboxylic acids is 1. The van der Waals surface area contributed by atoms with E-state index in [4.69, 9.17) is 0 Å². The summed E-state index contributed by atoms with van der Waals surface area (Å²) in [6.07, 6.45) is 2.86. The average Bonchev–Trinajstić information content (AvgIpc) is 2.45. The highest BCUT2D eigenvalue weighted by atomic mass is 19.1. The van der Waals surface area contributed by atoms with Crippen LogP contribution in [0.2, 0.25) is 0 Å². The van der Waals surface area contributed by atoms with E-state index < -0.39 is 0 Å². The van der Waals surface area contributed by atoms with E-state index >= 15 is 0 Å². The maximum Gasteiger partial charge on any atom is 0.244 e. The Hall–Kier alpha value is -2.49. The van der Waals surface area contributed by atoms with Gasteiger partial charge in [-0.3, -0.25) is 4.79 Å². The third-order valence-corrected chi connectivity index (χ3v) is 2.66. The molecule has 0 radical (unpaired) electrons. The van der Waals surface area contributed by atoms with Crippen molar-refractivity contribution in [2.24, 2.45) is 0 Å². The minimum absolute atomic E-state index is 0.293. The van der Waals surface area contributed by atoms with Crippen LogP contribution in [-0.2, 0) is 11.3 Å². The molecule has 1 amide bonds. The lowest BCUT2D eigenvalue weighted by Gasteiger charge is -2.02. The third-order valence-electron chi connectivity index (χ3n) is 2.66. The second-order valence-electron chi connectivity index (χ2n) is 4.23. The predicted molar refractivity (Wildman–Crippen MR) is 73.7 cm³/mol. The number of amides is 1. The van der Waals surface area contributed by atoms with Crippen LogP contribution in [0.25, 0.3) is 6.08 Å². The molecule has 0 saturated heterocycles. The number of rotatable bonds is 4. The molecule has 0 spiro atoms. The summed E-state index contributed by atoms with van der Waals surface area (Å²) in [4.78, 5) is 11.6. The molecule has 0 unspecified atom stereocenters. The van der Waals surface area contributed by atoms with Gasteiger partial charge in [0.1, 0.15) is 11.6 Å². The maximum atomic E-state index is 12.9. The molecule has 2 nitrogen and oxygen atoms in total. The molecule has 102 valence electrons. The van der Waals surface area contributed by atoms with Crippen molar-refractivity contribution in [3.63, 3.8) is 0 Å². The topological polar surface area (TPSA) is 29.1 Å². The molecule has 0 aliphatic rings. The van der Waals surface area contributed by atoms with Gasteiger partial charge in [0.25, 0.3) is 0 Å². The van der Waals surface area contributed by atoms with Crippen LogP contribution >= 0.6 is 0 Å². The van der Waals surface area contributed by atoms with Crippen molar-refractivity contribution in [2.45, 2.75) is 6.54 Å². The van der Waals surface area contributed by atoms with Gasteiger partial charge in [-0.15, -0.1) is 0 Å². The second kappa shape index (κ2) is 6.61. The van der Waals surface area contributed by atoms with Crippen LogP contribution in [0.15, 0.2) is 54.6 Å². The molecular weight excluding hydrogens is 260 g/mol. The fourth-order valence-corrected chi connectivity index (χ4v) is 1.63. The van der Waals surface area contributed by atoms with Gasteiger partial charge in [-0.2, -0.15) is 0 Å². The maximum absolute atomic E-state index is 12.9. The predicted octanol–water partition coefficient (Wildman–Crippen LogP) is 3.29. The Morgan fingerprint density at radius 3 is 2.50 bits per heavy atom. The van der Waals surface area contributed by atoms with Crippen LogP contribution < -0.4 is 5.32 Å². The van der Waals surface area contributed by atoms with Crippen LogP contribution in [0.3, 0.4) is 0 Å². The van der Waals surface area contributed by atoms with Crippen molar-refractivity contribution < 1.29 is 13.6 Å². The first kappa shape index (κ1) is 13.9. The molecule has 0 fully saturated rings. The molecule has 4 heteroatoms. The Balaban J connectivity index is 1.88. The zero-order valence-corrected chi connectivity index (χ0v) is 10.6. The Morgan fingerprint density at radius 2 is 1.80 bits per heavy atom. The lowest BCUT2D eigenvalue weighted by Crippen LogP contribution is -2.20. The lowest BCUT2D eigenvalue weighted by molar-refractivity contribution is -0.116. The quantitative estimate of drug-likeness (QED) is 0.851.